The van der Waals surface area contributed by atoms with Gasteiger partial charge in [0.25, 0.3) is 5.91 Å². The van der Waals surface area contributed by atoms with Gasteiger partial charge in [0.2, 0.25) is 5.91 Å². The van der Waals surface area contributed by atoms with Crippen LogP contribution in [0.5, 0.6) is 5.75 Å². The summed E-state index contributed by atoms with van der Waals surface area (Å²) in [4.78, 5) is 35.2. The predicted molar refractivity (Wildman–Crippen MR) is 106 cm³/mol. The van der Waals surface area contributed by atoms with Gasteiger partial charge in [0.1, 0.15) is 6.54 Å². The second-order valence-electron chi connectivity index (χ2n) is 5.65. The number of ether oxygens (including phenoxy) is 2. The van der Waals surface area contributed by atoms with Crippen molar-refractivity contribution in [1.82, 2.24) is 5.32 Å². The lowest BCUT2D eigenvalue weighted by atomic mass is 10.1. The number of carbonyl (C=O) groups excluding carboxylic acids is 3. The Hall–Kier alpha value is -2.77. The van der Waals surface area contributed by atoms with Crippen LogP contribution in [0, 0.1) is 0 Å². The second kappa shape index (κ2) is 9.96. The van der Waals surface area contributed by atoms with E-state index >= 15 is 0 Å². The van der Waals surface area contributed by atoms with Crippen LogP contribution in [0.25, 0.3) is 0 Å². The van der Waals surface area contributed by atoms with Crippen LogP contribution in [0.15, 0.2) is 36.4 Å². The van der Waals surface area contributed by atoms with Gasteiger partial charge in [-0.15, -0.1) is 0 Å². The van der Waals surface area contributed by atoms with E-state index in [9.17, 15) is 14.4 Å². The van der Waals surface area contributed by atoms with Crippen molar-refractivity contribution < 1.29 is 23.9 Å². The molecule has 0 aliphatic rings. The summed E-state index contributed by atoms with van der Waals surface area (Å²) in [6, 6.07) is 9.63. The molecule has 0 atom stereocenters. The Balaban J connectivity index is 1.97. The average molecular weight is 425 g/mol. The van der Waals surface area contributed by atoms with Crippen molar-refractivity contribution in [3.05, 3.63) is 57.6 Å². The van der Waals surface area contributed by atoms with Crippen LogP contribution < -0.4 is 15.4 Å². The first-order valence-electron chi connectivity index (χ1n) is 8.11. The van der Waals surface area contributed by atoms with Crippen LogP contribution in [-0.4, -0.2) is 38.5 Å². The van der Waals surface area contributed by atoms with E-state index in [2.05, 4.69) is 15.4 Å². The van der Waals surface area contributed by atoms with Crippen molar-refractivity contribution in [3.63, 3.8) is 0 Å². The first-order chi connectivity index (χ1) is 13.3. The topological polar surface area (TPSA) is 93.7 Å². The summed E-state index contributed by atoms with van der Waals surface area (Å²) in [5.74, 6) is -0.931. The van der Waals surface area contributed by atoms with Gasteiger partial charge in [0.05, 0.1) is 30.7 Å². The summed E-state index contributed by atoms with van der Waals surface area (Å²) in [5, 5.41) is 5.63. The molecule has 28 heavy (non-hydrogen) atoms. The number of halogens is 2. The highest BCUT2D eigenvalue weighted by molar-refractivity contribution is 6.37. The average Bonchev–Trinajstić information content (AvgIpc) is 2.67. The molecule has 0 aliphatic heterocycles. The van der Waals surface area contributed by atoms with Crippen LogP contribution >= 0.6 is 23.2 Å². The number of nitrogens with one attached hydrogen (secondary N) is 2. The fourth-order valence-electron chi connectivity index (χ4n) is 2.29. The Morgan fingerprint density at radius 1 is 1.00 bits per heavy atom. The molecule has 2 N–H and O–H groups in total. The Kier molecular flexibility index (Phi) is 7.66. The Morgan fingerprint density at radius 3 is 2.14 bits per heavy atom. The van der Waals surface area contributed by atoms with Crippen molar-refractivity contribution >= 4 is 46.7 Å². The number of methoxy groups -OCH3 is 2. The third kappa shape index (κ3) is 5.87. The molecule has 0 aromatic heterocycles. The molecule has 2 aromatic rings. The van der Waals surface area contributed by atoms with E-state index in [-0.39, 0.29) is 34.5 Å². The third-order valence-electron chi connectivity index (χ3n) is 3.70. The van der Waals surface area contributed by atoms with Crippen molar-refractivity contribution in [1.29, 1.82) is 0 Å². The number of benzene rings is 2. The molecule has 2 rings (SSSR count). The quantitative estimate of drug-likeness (QED) is 0.665. The maximum atomic E-state index is 12.4. The van der Waals surface area contributed by atoms with Crippen molar-refractivity contribution in [3.8, 4) is 5.75 Å². The highest BCUT2D eigenvalue weighted by Crippen LogP contribution is 2.34. The summed E-state index contributed by atoms with van der Waals surface area (Å²) in [6.07, 6.45) is 0.0922. The van der Waals surface area contributed by atoms with E-state index in [0.29, 0.717) is 11.4 Å². The molecule has 0 unspecified atom stereocenters. The molecular formula is C19H18Cl2N2O5. The minimum absolute atomic E-state index is 0.0922. The molecule has 2 amide bonds. The van der Waals surface area contributed by atoms with Gasteiger partial charge in [0, 0.05) is 11.3 Å². The first-order valence-corrected chi connectivity index (χ1v) is 8.86. The fourth-order valence-corrected chi connectivity index (χ4v) is 2.93. The number of esters is 1. The lowest BCUT2D eigenvalue weighted by molar-refractivity contribution is -0.141. The van der Waals surface area contributed by atoms with E-state index in [1.807, 2.05) is 0 Å². The molecular weight excluding hydrogens is 407 g/mol. The number of carbonyl (C=O) groups is 3. The molecule has 0 heterocycles. The van der Waals surface area contributed by atoms with Crippen LogP contribution in [0.2, 0.25) is 10.0 Å². The third-order valence-corrected chi connectivity index (χ3v) is 4.26. The van der Waals surface area contributed by atoms with Gasteiger partial charge >= 0.3 is 5.97 Å². The molecule has 0 spiro atoms. The van der Waals surface area contributed by atoms with Crippen LogP contribution in [0.1, 0.15) is 15.9 Å². The highest BCUT2D eigenvalue weighted by Gasteiger charge is 2.14. The SMILES string of the molecule is COC(=O)CNC(=O)Cc1ccc(NC(=O)c2cc(Cl)c(OC)c(Cl)c2)cc1. The Morgan fingerprint density at radius 2 is 1.61 bits per heavy atom. The monoisotopic (exact) mass is 424 g/mol. The van der Waals surface area contributed by atoms with Crippen LogP contribution in [0.3, 0.4) is 0 Å². The number of hydrogen-bond donors (Lipinski definition) is 2. The van der Waals surface area contributed by atoms with E-state index in [1.54, 1.807) is 24.3 Å². The molecule has 0 fully saturated rings. The number of anilines is 1. The fraction of sp³-hybridized carbons (Fsp3) is 0.211. The van der Waals surface area contributed by atoms with E-state index in [4.69, 9.17) is 27.9 Å². The van der Waals surface area contributed by atoms with Gasteiger partial charge in [-0.25, -0.2) is 0 Å². The van der Waals surface area contributed by atoms with E-state index in [0.717, 1.165) is 5.56 Å². The lowest BCUT2D eigenvalue weighted by Gasteiger charge is -2.10. The maximum Gasteiger partial charge on any atom is 0.325 e. The molecule has 2 aromatic carbocycles. The summed E-state index contributed by atoms with van der Waals surface area (Å²) in [5.41, 5.74) is 1.53. The largest absolute Gasteiger partial charge is 0.494 e. The molecule has 0 aliphatic carbocycles. The molecule has 148 valence electrons. The standard InChI is InChI=1S/C19H18Cl2N2O5/c1-27-17(25)10-22-16(24)7-11-3-5-13(6-4-11)23-19(26)12-8-14(20)18(28-2)15(21)9-12/h3-6,8-9H,7,10H2,1-2H3,(H,22,24)(H,23,26). The summed E-state index contributed by atoms with van der Waals surface area (Å²) < 4.78 is 9.51. The van der Waals surface area contributed by atoms with Gasteiger partial charge in [-0.05, 0) is 29.8 Å². The van der Waals surface area contributed by atoms with Gasteiger partial charge < -0.3 is 20.1 Å². The normalized spacial score (nSPS) is 10.1. The second-order valence-corrected chi connectivity index (χ2v) is 6.47. The zero-order valence-corrected chi connectivity index (χ0v) is 16.7. The zero-order valence-electron chi connectivity index (χ0n) is 15.2. The molecule has 0 bridgehead atoms. The molecule has 0 radical (unpaired) electrons. The van der Waals surface area contributed by atoms with Crippen LogP contribution in [-0.2, 0) is 20.7 Å². The highest BCUT2D eigenvalue weighted by atomic mass is 35.5. The predicted octanol–water partition coefficient (Wildman–Crippen LogP) is 3.09. The smallest absolute Gasteiger partial charge is 0.325 e. The first kappa shape index (κ1) is 21.5. The Labute approximate surface area is 171 Å². The van der Waals surface area contributed by atoms with Crippen molar-refractivity contribution in [2.45, 2.75) is 6.42 Å². The molecule has 0 saturated heterocycles. The zero-order chi connectivity index (χ0) is 20.7. The molecule has 7 nitrogen and oxygen atoms in total. The van der Waals surface area contributed by atoms with E-state index in [1.165, 1.54) is 26.4 Å². The van der Waals surface area contributed by atoms with Crippen LogP contribution in [0.4, 0.5) is 5.69 Å². The summed E-state index contributed by atoms with van der Waals surface area (Å²) in [7, 11) is 2.68. The van der Waals surface area contributed by atoms with Crippen molar-refractivity contribution in [2.24, 2.45) is 0 Å². The minimum atomic E-state index is -0.523. The number of rotatable bonds is 7. The maximum absolute atomic E-state index is 12.4. The molecule has 0 saturated carbocycles. The van der Waals surface area contributed by atoms with E-state index < -0.39 is 11.9 Å². The van der Waals surface area contributed by atoms with Crippen molar-refractivity contribution in [2.75, 3.05) is 26.1 Å². The molecule has 9 heteroatoms. The summed E-state index contributed by atoms with van der Waals surface area (Å²) in [6.45, 7) is -0.184. The lowest BCUT2D eigenvalue weighted by Crippen LogP contribution is -2.31. The van der Waals surface area contributed by atoms with Gasteiger partial charge in [0.15, 0.2) is 5.75 Å². The van der Waals surface area contributed by atoms with Gasteiger partial charge in [-0.3, -0.25) is 14.4 Å². The Bertz CT molecular complexity index is 861. The minimum Gasteiger partial charge on any atom is -0.494 e. The summed E-state index contributed by atoms with van der Waals surface area (Å²) >= 11 is 12.1. The van der Waals surface area contributed by atoms with Gasteiger partial charge in [-0.2, -0.15) is 0 Å². The number of amides is 2. The number of hydrogen-bond acceptors (Lipinski definition) is 5. The van der Waals surface area contributed by atoms with Gasteiger partial charge in [-0.1, -0.05) is 35.3 Å².